The molecule has 0 saturated heterocycles. The molecule has 138 valence electrons. The topological polar surface area (TPSA) is 96.0 Å². The molecule has 2 aliphatic rings. The van der Waals surface area contributed by atoms with Crippen LogP contribution in [0.4, 0.5) is 5.69 Å². The number of amides is 2. The van der Waals surface area contributed by atoms with Gasteiger partial charge in [0.05, 0.1) is 12.2 Å². The summed E-state index contributed by atoms with van der Waals surface area (Å²) >= 11 is 13.4. The maximum Gasteiger partial charge on any atom is 0.265 e. The third-order valence-corrected chi connectivity index (χ3v) is 6.44. The first-order valence-electron chi connectivity index (χ1n) is 7.95. The van der Waals surface area contributed by atoms with E-state index in [1.54, 1.807) is 42.5 Å². The predicted octanol–water partition coefficient (Wildman–Crippen LogP) is 2.68. The number of thioether (sulfide) groups is 1. The maximum absolute atomic E-state index is 13.3. The molecule has 0 saturated carbocycles. The van der Waals surface area contributed by atoms with E-state index in [1.807, 2.05) is 0 Å². The third-order valence-electron chi connectivity index (χ3n) is 4.62. The fourth-order valence-electron chi connectivity index (χ4n) is 3.34. The lowest BCUT2D eigenvalue weighted by atomic mass is 9.91. The number of anilines is 1. The van der Waals surface area contributed by atoms with Crippen LogP contribution >= 0.6 is 35.0 Å². The summed E-state index contributed by atoms with van der Waals surface area (Å²) in [4.78, 5) is 30.6. The number of aliphatic imine (C=N–C) groups is 1. The van der Waals surface area contributed by atoms with Crippen molar-refractivity contribution in [2.45, 2.75) is 17.4 Å². The Balaban J connectivity index is 1.80. The van der Waals surface area contributed by atoms with Crippen molar-refractivity contribution in [2.24, 2.45) is 10.7 Å². The molecule has 2 aliphatic heterocycles. The summed E-state index contributed by atoms with van der Waals surface area (Å²) in [5, 5.41) is 11.1. The number of rotatable bonds is 3. The zero-order valence-electron chi connectivity index (χ0n) is 13.7. The molecule has 27 heavy (non-hydrogen) atoms. The monoisotopic (exact) mass is 421 g/mol. The molecule has 0 aromatic heterocycles. The molecular formula is C18H13Cl2N3O3S. The zero-order valence-corrected chi connectivity index (χ0v) is 16.1. The highest BCUT2D eigenvalue weighted by atomic mass is 35.5. The molecule has 0 bridgehead atoms. The van der Waals surface area contributed by atoms with Crippen LogP contribution in [0.1, 0.15) is 11.1 Å². The van der Waals surface area contributed by atoms with Crippen LogP contribution in [0.15, 0.2) is 47.5 Å². The summed E-state index contributed by atoms with van der Waals surface area (Å²) in [7, 11) is 0. The number of nitrogens with zero attached hydrogens (tertiary/aromatic N) is 2. The first-order valence-corrected chi connectivity index (χ1v) is 9.59. The Labute approximate surface area is 169 Å². The summed E-state index contributed by atoms with van der Waals surface area (Å²) in [6.45, 7) is 0.0541. The summed E-state index contributed by atoms with van der Waals surface area (Å²) in [6, 6.07) is 11.8. The van der Waals surface area contributed by atoms with Crippen LogP contribution in [0.5, 0.6) is 0 Å². The summed E-state index contributed by atoms with van der Waals surface area (Å²) in [5.74, 6) is -1.28. The number of amidine groups is 1. The number of aliphatic hydroxyl groups is 1. The molecule has 6 nitrogen and oxygen atoms in total. The molecule has 9 heteroatoms. The van der Waals surface area contributed by atoms with Crippen LogP contribution < -0.4 is 10.6 Å². The van der Waals surface area contributed by atoms with Gasteiger partial charge < -0.3 is 15.7 Å². The Kier molecular flexibility index (Phi) is 4.43. The maximum atomic E-state index is 13.3. The van der Waals surface area contributed by atoms with E-state index in [4.69, 9.17) is 28.9 Å². The minimum atomic E-state index is -2.07. The lowest BCUT2D eigenvalue weighted by Crippen LogP contribution is -2.49. The molecule has 2 atom stereocenters. The van der Waals surface area contributed by atoms with Crippen LogP contribution in [0.2, 0.25) is 10.0 Å². The highest BCUT2D eigenvalue weighted by molar-refractivity contribution is 8.15. The van der Waals surface area contributed by atoms with Gasteiger partial charge in [-0.15, -0.1) is 0 Å². The standard InChI is InChI=1S/C18H13Cl2N3O3S/c19-11-5-3-6-12(20)9(11)8-23-13-7-2-1-4-10(13)18(26,16(23)25)14-15(24)22-17(21)27-14/h1-7,14,26H,8H2,(H2,21,22,24)/t14-,18-/m1/s1. The lowest BCUT2D eigenvalue weighted by Gasteiger charge is -2.27. The molecule has 2 heterocycles. The van der Waals surface area contributed by atoms with E-state index in [9.17, 15) is 14.7 Å². The summed E-state index contributed by atoms with van der Waals surface area (Å²) < 4.78 is 0. The van der Waals surface area contributed by atoms with Crippen molar-refractivity contribution in [3.8, 4) is 0 Å². The average Bonchev–Trinajstić information content (AvgIpc) is 3.08. The Morgan fingerprint density at radius 1 is 1.15 bits per heavy atom. The van der Waals surface area contributed by atoms with E-state index >= 15 is 0 Å². The van der Waals surface area contributed by atoms with E-state index in [0.717, 1.165) is 11.8 Å². The molecule has 2 aromatic rings. The lowest BCUT2D eigenvalue weighted by molar-refractivity contribution is -0.140. The minimum absolute atomic E-state index is 0.0244. The molecule has 0 fully saturated rings. The van der Waals surface area contributed by atoms with Crippen molar-refractivity contribution in [3.63, 3.8) is 0 Å². The zero-order chi connectivity index (χ0) is 19.3. The molecule has 0 unspecified atom stereocenters. The second kappa shape index (κ2) is 6.53. The average molecular weight is 422 g/mol. The SMILES string of the molecule is NC1=NC(=O)[C@H]([C@@]2(O)C(=O)N(Cc3c(Cl)cccc3Cl)c3ccccc32)S1. The summed E-state index contributed by atoms with van der Waals surface area (Å²) in [5.41, 5.74) is 4.92. The van der Waals surface area contributed by atoms with Gasteiger partial charge in [-0.05, 0) is 18.2 Å². The second-order valence-corrected chi connectivity index (χ2v) is 8.10. The number of carbonyl (C=O) groups is 2. The normalized spacial score (nSPS) is 24.3. The van der Waals surface area contributed by atoms with Gasteiger partial charge in [-0.3, -0.25) is 9.59 Å². The first-order chi connectivity index (χ1) is 12.8. The fourth-order valence-corrected chi connectivity index (χ4v) is 4.80. The number of nitrogens with two attached hydrogens (primary N) is 1. The van der Waals surface area contributed by atoms with Crippen LogP contribution in [0.3, 0.4) is 0 Å². The van der Waals surface area contributed by atoms with Gasteiger partial charge >= 0.3 is 0 Å². The fraction of sp³-hybridized carbons (Fsp3) is 0.167. The van der Waals surface area contributed by atoms with E-state index in [1.165, 1.54) is 4.90 Å². The van der Waals surface area contributed by atoms with Crippen molar-refractivity contribution in [2.75, 3.05) is 4.90 Å². The van der Waals surface area contributed by atoms with Crippen LogP contribution in [0, 0.1) is 0 Å². The molecule has 2 amide bonds. The predicted molar refractivity (Wildman–Crippen MR) is 106 cm³/mol. The molecule has 0 aliphatic carbocycles. The van der Waals surface area contributed by atoms with Crippen molar-refractivity contribution in [1.82, 2.24) is 0 Å². The van der Waals surface area contributed by atoms with Gasteiger partial charge in [-0.2, -0.15) is 4.99 Å². The van der Waals surface area contributed by atoms with Gasteiger partial charge in [0.2, 0.25) is 0 Å². The largest absolute Gasteiger partial charge is 0.378 e. The Hall–Kier alpha value is -2.06. The number of carbonyl (C=O) groups excluding carboxylic acids is 2. The minimum Gasteiger partial charge on any atom is -0.378 e. The summed E-state index contributed by atoms with van der Waals surface area (Å²) in [6.07, 6.45) is 0. The number of fused-ring (bicyclic) bond motifs is 1. The molecule has 2 aromatic carbocycles. The Morgan fingerprint density at radius 2 is 1.81 bits per heavy atom. The van der Waals surface area contributed by atoms with Crippen LogP contribution in [0.25, 0.3) is 0 Å². The highest BCUT2D eigenvalue weighted by Crippen LogP contribution is 2.48. The third kappa shape index (κ3) is 2.73. The smallest absolute Gasteiger partial charge is 0.265 e. The second-order valence-electron chi connectivity index (χ2n) is 6.16. The first kappa shape index (κ1) is 18.3. The Morgan fingerprint density at radius 3 is 2.44 bits per heavy atom. The van der Waals surface area contributed by atoms with Gasteiger partial charge in [-0.25, -0.2) is 0 Å². The van der Waals surface area contributed by atoms with E-state index in [-0.39, 0.29) is 11.7 Å². The van der Waals surface area contributed by atoms with Gasteiger partial charge in [0.1, 0.15) is 5.25 Å². The number of benzene rings is 2. The Bertz CT molecular complexity index is 993. The highest BCUT2D eigenvalue weighted by Gasteiger charge is 2.59. The quantitative estimate of drug-likeness (QED) is 0.793. The molecule has 0 spiro atoms. The van der Waals surface area contributed by atoms with Crippen molar-refractivity contribution < 1.29 is 14.7 Å². The van der Waals surface area contributed by atoms with Crippen LogP contribution in [-0.4, -0.2) is 27.3 Å². The van der Waals surface area contributed by atoms with Crippen molar-refractivity contribution >= 4 is 57.6 Å². The molecule has 0 radical (unpaired) electrons. The molecular weight excluding hydrogens is 409 g/mol. The number of para-hydroxylation sites is 1. The van der Waals surface area contributed by atoms with Crippen LogP contribution in [-0.2, 0) is 21.7 Å². The van der Waals surface area contributed by atoms with E-state index < -0.39 is 22.7 Å². The van der Waals surface area contributed by atoms with E-state index in [2.05, 4.69) is 4.99 Å². The van der Waals surface area contributed by atoms with Crippen molar-refractivity contribution in [3.05, 3.63) is 63.6 Å². The van der Waals surface area contributed by atoms with Gasteiger partial charge in [0.25, 0.3) is 11.8 Å². The van der Waals surface area contributed by atoms with Crippen molar-refractivity contribution in [1.29, 1.82) is 0 Å². The number of halogens is 2. The molecule has 4 rings (SSSR count). The molecule has 3 N–H and O–H groups in total. The van der Waals surface area contributed by atoms with Gasteiger partial charge in [0, 0.05) is 21.2 Å². The number of hydrogen-bond acceptors (Lipinski definition) is 5. The van der Waals surface area contributed by atoms with E-state index in [0.29, 0.717) is 26.9 Å². The van der Waals surface area contributed by atoms with Gasteiger partial charge in [-0.1, -0.05) is 59.2 Å². The van der Waals surface area contributed by atoms with Gasteiger partial charge in [0.15, 0.2) is 10.8 Å². The number of hydrogen-bond donors (Lipinski definition) is 2.